The van der Waals surface area contributed by atoms with Gasteiger partial charge in [0.2, 0.25) is 0 Å². The van der Waals surface area contributed by atoms with Crippen LogP contribution in [0, 0.1) is 5.92 Å². The van der Waals surface area contributed by atoms with Crippen molar-refractivity contribution in [3.63, 3.8) is 0 Å². The summed E-state index contributed by atoms with van der Waals surface area (Å²) in [4.78, 5) is 4.39. The second-order valence-corrected chi connectivity index (χ2v) is 7.13. The topological polar surface area (TPSA) is 46.2 Å². The molecule has 1 heterocycles. The second kappa shape index (κ2) is 8.39. The number of hydrogen-bond acceptors (Lipinski definition) is 4. The summed E-state index contributed by atoms with van der Waals surface area (Å²) < 4.78 is 5.50. The fourth-order valence-electron chi connectivity index (χ4n) is 2.88. The minimum absolute atomic E-state index is 0.609. The van der Waals surface area contributed by atoms with Gasteiger partial charge in [-0.2, -0.15) is 0 Å². The Bertz CT molecular complexity index is 896. The first-order valence-corrected chi connectivity index (χ1v) is 9.13. The molecule has 1 aromatic heterocycles. The highest BCUT2D eigenvalue weighted by Gasteiger charge is 2.07. The van der Waals surface area contributed by atoms with E-state index in [0.29, 0.717) is 10.9 Å². The lowest BCUT2D eigenvalue weighted by Crippen LogP contribution is -2.19. The number of methoxy groups -OCH3 is 1. The molecule has 0 atom stereocenters. The van der Waals surface area contributed by atoms with Crippen LogP contribution in [0.15, 0.2) is 48.7 Å². The SMILES string of the molecule is COc1ccc(Nc2ccnc3cc(Cl)ccc23)cc1CNCC(C)C. The lowest BCUT2D eigenvalue weighted by Gasteiger charge is -2.15. The van der Waals surface area contributed by atoms with Crippen molar-refractivity contribution in [2.45, 2.75) is 20.4 Å². The van der Waals surface area contributed by atoms with Crippen molar-refractivity contribution in [1.29, 1.82) is 0 Å². The molecule has 3 aromatic rings. The monoisotopic (exact) mass is 369 g/mol. The molecule has 0 aliphatic rings. The van der Waals surface area contributed by atoms with Crippen LogP contribution in [0.5, 0.6) is 5.75 Å². The molecule has 2 N–H and O–H groups in total. The summed E-state index contributed by atoms with van der Waals surface area (Å²) in [6.45, 7) is 6.13. The maximum Gasteiger partial charge on any atom is 0.123 e. The predicted molar refractivity (Wildman–Crippen MR) is 110 cm³/mol. The van der Waals surface area contributed by atoms with Gasteiger partial charge in [-0.05, 0) is 54.9 Å². The zero-order valence-electron chi connectivity index (χ0n) is 15.3. The minimum Gasteiger partial charge on any atom is -0.496 e. The van der Waals surface area contributed by atoms with Crippen molar-refractivity contribution in [3.05, 3.63) is 59.2 Å². The number of rotatable bonds is 7. The first-order valence-electron chi connectivity index (χ1n) is 8.75. The van der Waals surface area contributed by atoms with Crippen molar-refractivity contribution < 1.29 is 4.74 Å². The van der Waals surface area contributed by atoms with Crippen molar-refractivity contribution >= 4 is 33.9 Å². The molecule has 26 heavy (non-hydrogen) atoms. The van der Waals surface area contributed by atoms with Crippen molar-refractivity contribution in [2.75, 3.05) is 19.0 Å². The normalized spacial score (nSPS) is 11.1. The molecule has 5 heteroatoms. The molecule has 3 rings (SSSR count). The molecule has 0 saturated heterocycles. The van der Waals surface area contributed by atoms with E-state index in [0.717, 1.165) is 46.7 Å². The second-order valence-electron chi connectivity index (χ2n) is 6.70. The van der Waals surface area contributed by atoms with Gasteiger partial charge in [-0.15, -0.1) is 0 Å². The maximum absolute atomic E-state index is 6.07. The number of ether oxygens (including phenoxy) is 1. The van der Waals surface area contributed by atoms with E-state index in [1.165, 1.54) is 0 Å². The third-order valence-corrected chi connectivity index (χ3v) is 4.37. The van der Waals surface area contributed by atoms with Gasteiger partial charge in [0.25, 0.3) is 0 Å². The summed E-state index contributed by atoms with van der Waals surface area (Å²) in [7, 11) is 1.70. The molecule has 0 aliphatic carbocycles. The van der Waals surface area contributed by atoms with E-state index in [1.807, 2.05) is 36.4 Å². The van der Waals surface area contributed by atoms with Crippen LogP contribution < -0.4 is 15.4 Å². The molecule has 0 unspecified atom stereocenters. The molecule has 0 spiro atoms. The molecule has 0 saturated carbocycles. The quantitative estimate of drug-likeness (QED) is 0.586. The van der Waals surface area contributed by atoms with Gasteiger partial charge in [-0.1, -0.05) is 25.4 Å². The van der Waals surface area contributed by atoms with E-state index in [1.54, 1.807) is 13.3 Å². The number of anilines is 2. The van der Waals surface area contributed by atoms with E-state index < -0.39 is 0 Å². The molecule has 0 amide bonds. The number of aromatic nitrogens is 1. The van der Waals surface area contributed by atoms with Crippen LogP contribution in [0.3, 0.4) is 0 Å². The Kier molecular flexibility index (Phi) is 5.96. The van der Waals surface area contributed by atoms with Crippen molar-refractivity contribution in [1.82, 2.24) is 10.3 Å². The van der Waals surface area contributed by atoms with Gasteiger partial charge >= 0.3 is 0 Å². The summed E-state index contributed by atoms with van der Waals surface area (Å²) >= 11 is 6.07. The van der Waals surface area contributed by atoms with E-state index in [4.69, 9.17) is 16.3 Å². The number of nitrogens with zero attached hydrogens (tertiary/aromatic N) is 1. The molecule has 0 fully saturated rings. The van der Waals surface area contributed by atoms with Crippen LogP contribution in [0.2, 0.25) is 5.02 Å². The number of hydrogen-bond donors (Lipinski definition) is 2. The van der Waals surface area contributed by atoms with Gasteiger partial charge in [0.15, 0.2) is 0 Å². The fraction of sp³-hybridized carbons (Fsp3) is 0.286. The maximum atomic E-state index is 6.07. The highest BCUT2D eigenvalue weighted by molar-refractivity contribution is 6.31. The van der Waals surface area contributed by atoms with E-state index in [9.17, 15) is 0 Å². The van der Waals surface area contributed by atoms with Crippen molar-refractivity contribution in [2.24, 2.45) is 5.92 Å². The third-order valence-electron chi connectivity index (χ3n) is 4.13. The predicted octanol–water partition coefficient (Wildman–Crippen LogP) is 5.39. The first-order chi connectivity index (χ1) is 12.6. The number of fused-ring (bicyclic) bond motifs is 1. The van der Waals surface area contributed by atoms with Crippen molar-refractivity contribution in [3.8, 4) is 5.75 Å². The Balaban J connectivity index is 1.86. The zero-order valence-corrected chi connectivity index (χ0v) is 16.1. The Morgan fingerprint density at radius 2 is 1.96 bits per heavy atom. The van der Waals surface area contributed by atoms with Gasteiger partial charge in [0.05, 0.1) is 12.6 Å². The first kappa shape index (κ1) is 18.5. The van der Waals surface area contributed by atoms with Crippen LogP contribution >= 0.6 is 11.6 Å². The molecule has 0 aliphatic heterocycles. The lowest BCUT2D eigenvalue weighted by molar-refractivity contribution is 0.406. The Hall–Kier alpha value is -2.30. The standard InChI is InChI=1S/C21H24ClN3O/c1-14(2)12-23-13-15-10-17(5-7-21(15)26-3)25-19-8-9-24-20-11-16(22)4-6-18(19)20/h4-11,14,23H,12-13H2,1-3H3,(H,24,25). The fourth-order valence-corrected chi connectivity index (χ4v) is 3.04. The van der Waals surface area contributed by atoms with Crippen LogP contribution in [-0.2, 0) is 6.54 Å². The largest absolute Gasteiger partial charge is 0.496 e. The molecule has 0 bridgehead atoms. The Morgan fingerprint density at radius 3 is 2.73 bits per heavy atom. The van der Waals surface area contributed by atoms with Crippen LogP contribution in [0.25, 0.3) is 10.9 Å². The lowest BCUT2D eigenvalue weighted by atomic mass is 10.1. The number of nitrogens with one attached hydrogen (secondary N) is 2. The zero-order chi connectivity index (χ0) is 18.5. The summed E-state index contributed by atoms with van der Waals surface area (Å²) in [6.07, 6.45) is 1.79. The Labute approximate surface area is 159 Å². The van der Waals surface area contributed by atoms with Gasteiger partial charge < -0.3 is 15.4 Å². The highest BCUT2D eigenvalue weighted by Crippen LogP contribution is 2.29. The van der Waals surface area contributed by atoms with Gasteiger partial charge in [0, 0.05) is 40.1 Å². The van der Waals surface area contributed by atoms with Gasteiger partial charge in [-0.3, -0.25) is 4.98 Å². The van der Waals surface area contributed by atoms with Gasteiger partial charge in [-0.25, -0.2) is 0 Å². The average Bonchev–Trinajstić information content (AvgIpc) is 2.61. The van der Waals surface area contributed by atoms with Crippen LogP contribution in [0.4, 0.5) is 11.4 Å². The highest BCUT2D eigenvalue weighted by atomic mass is 35.5. The Morgan fingerprint density at radius 1 is 1.12 bits per heavy atom. The molecular formula is C21H24ClN3O. The summed E-state index contributed by atoms with van der Waals surface area (Å²) in [5.41, 5.74) is 4.00. The van der Waals surface area contributed by atoms with Crippen LogP contribution in [-0.4, -0.2) is 18.6 Å². The van der Waals surface area contributed by atoms with E-state index in [2.05, 4.69) is 35.5 Å². The molecule has 2 aromatic carbocycles. The molecule has 4 nitrogen and oxygen atoms in total. The molecular weight excluding hydrogens is 346 g/mol. The summed E-state index contributed by atoms with van der Waals surface area (Å²) in [5.74, 6) is 1.50. The smallest absolute Gasteiger partial charge is 0.123 e. The molecule has 0 radical (unpaired) electrons. The minimum atomic E-state index is 0.609. The average molecular weight is 370 g/mol. The summed E-state index contributed by atoms with van der Waals surface area (Å²) in [5, 5.41) is 8.68. The number of halogens is 1. The van der Waals surface area contributed by atoms with E-state index >= 15 is 0 Å². The van der Waals surface area contributed by atoms with Crippen LogP contribution in [0.1, 0.15) is 19.4 Å². The number of benzene rings is 2. The number of pyridine rings is 1. The van der Waals surface area contributed by atoms with E-state index in [-0.39, 0.29) is 0 Å². The summed E-state index contributed by atoms with van der Waals surface area (Å²) in [6, 6.07) is 13.8. The molecule has 136 valence electrons. The third kappa shape index (κ3) is 4.45. The van der Waals surface area contributed by atoms with Gasteiger partial charge in [0.1, 0.15) is 5.75 Å².